The zero-order valence-electron chi connectivity index (χ0n) is 14.4. The monoisotopic (exact) mass is 374 g/mol. The van der Waals surface area contributed by atoms with Gasteiger partial charge < -0.3 is 0 Å². The van der Waals surface area contributed by atoms with Crippen LogP contribution in [0, 0.1) is 6.92 Å². The third-order valence-corrected chi connectivity index (χ3v) is 5.95. The Labute approximate surface area is 161 Å². The number of hydrogen-bond donors (Lipinski definition) is 0. The van der Waals surface area contributed by atoms with Crippen LogP contribution in [0.25, 0.3) is 27.4 Å². The Kier molecular flexibility index (Phi) is 5.14. The molecule has 0 fully saturated rings. The van der Waals surface area contributed by atoms with Crippen molar-refractivity contribution in [2.75, 3.05) is 5.75 Å². The van der Waals surface area contributed by atoms with E-state index in [4.69, 9.17) is 0 Å². The summed E-state index contributed by atoms with van der Waals surface area (Å²) in [6.07, 6.45) is 6.01. The highest BCUT2D eigenvalue weighted by Gasteiger charge is 2.13. The predicted octanol–water partition coefficient (Wildman–Crippen LogP) is 6.47. The Morgan fingerprint density at radius 2 is 1.81 bits per heavy atom. The highest BCUT2D eigenvalue weighted by molar-refractivity contribution is 7.99. The first-order valence-electron chi connectivity index (χ1n) is 8.45. The molecule has 0 aliphatic carbocycles. The Morgan fingerprint density at radius 3 is 2.62 bits per heavy atom. The molecule has 0 N–H and O–H groups in total. The summed E-state index contributed by atoms with van der Waals surface area (Å²) in [5, 5.41) is 4.40. The van der Waals surface area contributed by atoms with Crippen molar-refractivity contribution in [1.29, 1.82) is 0 Å². The molecule has 0 aliphatic rings. The molecule has 2 aromatic heterocycles. The van der Waals surface area contributed by atoms with E-state index in [2.05, 4.69) is 83.0 Å². The van der Waals surface area contributed by atoms with Crippen LogP contribution in [0.4, 0.5) is 0 Å². The summed E-state index contributed by atoms with van der Waals surface area (Å²) in [5.41, 5.74) is 4.93. The fraction of sp³-hybridized carbons (Fsp3) is 0.0909. The SMILES string of the molecule is Cc1ccc(-c2csc3ncnc(SC/C=C/c4ccccc4)c23)cc1. The van der Waals surface area contributed by atoms with Crippen LogP contribution >= 0.6 is 23.1 Å². The van der Waals surface area contributed by atoms with Crippen molar-refractivity contribution in [2.45, 2.75) is 11.9 Å². The lowest BCUT2D eigenvalue weighted by atomic mass is 10.1. The van der Waals surface area contributed by atoms with Crippen LogP contribution in [-0.4, -0.2) is 15.7 Å². The molecule has 0 atom stereocenters. The number of benzene rings is 2. The van der Waals surface area contributed by atoms with E-state index in [1.165, 1.54) is 27.6 Å². The highest BCUT2D eigenvalue weighted by atomic mass is 32.2. The molecule has 0 unspecified atom stereocenters. The second-order valence-electron chi connectivity index (χ2n) is 6.00. The van der Waals surface area contributed by atoms with E-state index in [-0.39, 0.29) is 0 Å². The molecule has 128 valence electrons. The van der Waals surface area contributed by atoms with Crippen molar-refractivity contribution in [3.63, 3.8) is 0 Å². The van der Waals surface area contributed by atoms with Crippen LogP contribution in [0.2, 0.25) is 0 Å². The predicted molar refractivity (Wildman–Crippen MR) is 114 cm³/mol. The third-order valence-electron chi connectivity index (χ3n) is 4.12. The van der Waals surface area contributed by atoms with E-state index in [0.717, 1.165) is 15.6 Å². The Morgan fingerprint density at radius 1 is 1.00 bits per heavy atom. The quantitative estimate of drug-likeness (QED) is 0.296. The molecule has 0 bridgehead atoms. The molecule has 26 heavy (non-hydrogen) atoms. The van der Waals surface area contributed by atoms with Gasteiger partial charge in [0.1, 0.15) is 16.2 Å². The fourth-order valence-electron chi connectivity index (χ4n) is 2.78. The van der Waals surface area contributed by atoms with Crippen molar-refractivity contribution in [1.82, 2.24) is 9.97 Å². The summed E-state index contributed by atoms with van der Waals surface area (Å²) in [4.78, 5) is 10.1. The number of hydrogen-bond acceptors (Lipinski definition) is 4. The average molecular weight is 375 g/mol. The maximum atomic E-state index is 4.55. The second kappa shape index (κ2) is 7.85. The molecule has 2 heterocycles. The topological polar surface area (TPSA) is 25.8 Å². The van der Waals surface area contributed by atoms with Gasteiger partial charge in [0.05, 0.1) is 5.39 Å². The lowest BCUT2D eigenvalue weighted by Crippen LogP contribution is -1.86. The van der Waals surface area contributed by atoms with Gasteiger partial charge in [0.15, 0.2) is 0 Å². The summed E-state index contributed by atoms with van der Waals surface area (Å²) in [7, 11) is 0. The van der Waals surface area contributed by atoms with Gasteiger partial charge in [-0.2, -0.15) is 0 Å². The van der Waals surface area contributed by atoms with E-state index in [0.29, 0.717) is 0 Å². The molecule has 0 spiro atoms. The Bertz CT molecular complexity index is 1030. The number of nitrogens with zero attached hydrogens (tertiary/aromatic N) is 2. The van der Waals surface area contributed by atoms with Gasteiger partial charge in [0.2, 0.25) is 0 Å². The van der Waals surface area contributed by atoms with Gasteiger partial charge in [0.25, 0.3) is 0 Å². The van der Waals surface area contributed by atoms with E-state index in [1.807, 2.05) is 6.07 Å². The molecule has 4 heteroatoms. The van der Waals surface area contributed by atoms with Crippen molar-refractivity contribution < 1.29 is 0 Å². The van der Waals surface area contributed by atoms with Gasteiger partial charge in [-0.3, -0.25) is 0 Å². The minimum absolute atomic E-state index is 0.879. The summed E-state index contributed by atoms with van der Waals surface area (Å²) in [6.45, 7) is 2.11. The Hall–Kier alpha value is -2.43. The smallest absolute Gasteiger partial charge is 0.128 e. The molecule has 4 rings (SSSR count). The molecular weight excluding hydrogens is 356 g/mol. The summed E-state index contributed by atoms with van der Waals surface area (Å²) in [5.74, 6) is 0.879. The normalized spacial score (nSPS) is 11.4. The second-order valence-corrected chi connectivity index (χ2v) is 7.87. The van der Waals surface area contributed by atoms with Crippen molar-refractivity contribution >= 4 is 39.4 Å². The molecule has 0 aliphatic heterocycles. The van der Waals surface area contributed by atoms with Crippen LogP contribution < -0.4 is 0 Å². The fourth-order valence-corrected chi connectivity index (χ4v) is 4.58. The van der Waals surface area contributed by atoms with Gasteiger partial charge in [-0.25, -0.2) is 9.97 Å². The van der Waals surface area contributed by atoms with Gasteiger partial charge in [0, 0.05) is 16.7 Å². The van der Waals surface area contributed by atoms with E-state index < -0.39 is 0 Å². The van der Waals surface area contributed by atoms with E-state index in [9.17, 15) is 0 Å². The third kappa shape index (κ3) is 3.71. The molecule has 0 saturated carbocycles. The van der Waals surface area contributed by atoms with Gasteiger partial charge in [-0.15, -0.1) is 23.1 Å². The maximum Gasteiger partial charge on any atom is 0.128 e. The lowest BCUT2D eigenvalue weighted by Gasteiger charge is -2.04. The molecule has 0 amide bonds. The first kappa shape index (κ1) is 17.0. The minimum Gasteiger partial charge on any atom is -0.229 e. The average Bonchev–Trinajstić information content (AvgIpc) is 3.12. The summed E-state index contributed by atoms with van der Waals surface area (Å²) >= 11 is 3.44. The minimum atomic E-state index is 0.879. The van der Waals surface area contributed by atoms with Crippen LogP contribution in [0.5, 0.6) is 0 Å². The molecule has 0 saturated heterocycles. The molecule has 2 aromatic carbocycles. The zero-order chi connectivity index (χ0) is 17.8. The van der Waals surface area contributed by atoms with Crippen molar-refractivity contribution in [3.8, 4) is 11.1 Å². The van der Waals surface area contributed by atoms with Crippen molar-refractivity contribution in [2.24, 2.45) is 0 Å². The molecule has 4 aromatic rings. The van der Waals surface area contributed by atoms with Crippen LogP contribution in [0.15, 0.2) is 77.4 Å². The first-order valence-corrected chi connectivity index (χ1v) is 10.3. The van der Waals surface area contributed by atoms with Gasteiger partial charge in [-0.1, -0.05) is 72.3 Å². The number of aromatic nitrogens is 2. The number of thiophene rings is 1. The van der Waals surface area contributed by atoms with Gasteiger partial charge in [-0.05, 0) is 18.1 Å². The molecule has 2 nitrogen and oxygen atoms in total. The maximum absolute atomic E-state index is 4.55. The van der Waals surface area contributed by atoms with Crippen LogP contribution in [-0.2, 0) is 0 Å². The highest BCUT2D eigenvalue weighted by Crippen LogP contribution is 2.37. The van der Waals surface area contributed by atoms with Crippen LogP contribution in [0.1, 0.15) is 11.1 Å². The first-order chi connectivity index (χ1) is 12.8. The zero-order valence-corrected chi connectivity index (χ0v) is 16.1. The van der Waals surface area contributed by atoms with Crippen molar-refractivity contribution in [3.05, 3.63) is 83.5 Å². The number of rotatable bonds is 5. The van der Waals surface area contributed by atoms with E-state index in [1.54, 1.807) is 29.4 Å². The number of fused-ring (bicyclic) bond motifs is 1. The van der Waals surface area contributed by atoms with Crippen LogP contribution in [0.3, 0.4) is 0 Å². The summed E-state index contributed by atoms with van der Waals surface area (Å²) < 4.78 is 0. The lowest BCUT2D eigenvalue weighted by molar-refractivity contribution is 1.11. The Balaban J connectivity index is 1.60. The summed E-state index contributed by atoms with van der Waals surface area (Å²) in [6, 6.07) is 19.0. The van der Waals surface area contributed by atoms with E-state index >= 15 is 0 Å². The number of thioether (sulfide) groups is 1. The molecule has 0 radical (unpaired) electrons. The molecular formula is C22H18N2S2. The number of aryl methyl sites for hydroxylation is 1. The largest absolute Gasteiger partial charge is 0.229 e. The standard InChI is InChI=1S/C22H18N2S2/c1-16-9-11-18(12-10-16)19-14-26-22-20(19)21(23-15-24-22)25-13-5-8-17-6-3-2-4-7-17/h2-12,14-15H,13H2,1H3/b8-5+. The van der Waals surface area contributed by atoms with Gasteiger partial charge >= 0.3 is 0 Å².